The molecule has 2 aromatic carbocycles. The maximum atomic E-state index is 13.0. The summed E-state index contributed by atoms with van der Waals surface area (Å²) in [5.74, 6) is -2.71. The predicted octanol–water partition coefficient (Wildman–Crippen LogP) is 2.58. The van der Waals surface area contributed by atoms with E-state index < -0.39 is 29.9 Å². The van der Waals surface area contributed by atoms with E-state index in [4.69, 9.17) is 9.47 Å². The normalized spacial score (nSPS) is 13.3. The van der Waals surface area contributed by atoms with Crippen LogP contribution in [0.25, 0.3) is 0 Å². The van der Waals surface area contributed by atoms with Gasteiger partial charge in [-0.15, -0.1) is 0 Å². The molecule has 0 aromatic heterocycles. The van der Waals surface area contributed by atoms with Crippen LogP contribution in [0.15, 0.2) is 66.4 Å². The maximum absolute atomic E-state index is 13.0. The van der Waals surface area contributed by atoms with Crippen molar-refractivity contribution in [1.82, 2.24) is 10.2 Å². The van der Waals surface area contributed by atoms with E-state index in [0.717, 1.165) is 11.1 Å². The Morgan fingerprint density at radius 2 is 1.35 bits per heavy atom. The number of carbonyl (C=O) groups excluding carboxylic acids is 4. The zero-order chi connectivity index (χ0) is 22.4. The minimum Gasteiger partial charge on any atom is -0.462 e. The third kappa shape index (κ3) is 4.48. The molecule has 1 N–H and O–H groups in total. The standard InChI is InChI=1S/C23H22N2O6/c1-3-30-22(28)18(23(29)31-4-2)14-24-19(15-10-6-5-7-11-15)25-20(26)16-12-8-9-13-17(16)21(25)27/h5-14,19,24H,3-4H2,1-2H3. The van der Waals surface area contributed by atoms with Crippen LogP contribution < -0.4 is 5.32 Å². The monoisotopic (exact) mass is 422 g/mol. The number of rotatable bonds is 8. The summed E-state index contributed by atoms with van der Waals surface area (Å²) in [4.78, 5) is 51.6. The van der Waals surface area contributed by atoms with E-state index in [2.05, 4.69) is 5.32 Å². The Kier molecular flexibility index (Phi) is 6.81. The average molecular weight is 422 g/mol. The van der Waals surface area contributed by atoms with Gasteiger partial charge in [0.25, 0.3) is 11.8 Å². The number of nitrogens with one attached hydrogen (secondary N) is 1. The average Bonchev–Trinajstić information content (AvgIpc) is 3.03. The SMILES string of the molecule is CCOC(=O)C(=CNC(c1ccccc1)N1C(=O)c2ccccc2C1=O)C(=O)OCC. The summed E-state index contributed by atoms with van der Waals surface area (Å²) < 4.78 is 9.86. The lowest BCUT2D eigenvalue weighted by Gasteiger charge is -2.27. The third-order valence-corrected chi connectivity index (χ3v) is 4.58. The molecular weight excluding hydrogens is 400 g/mol. The van der Waals surface area contributed by atoms with E-state index in [-0.39, 0.29) is 29.9 Å². The van der Waals surface area contributed by atoms with Crippen molar-refractivity contribution >= 4 is 23.8 Å². The predicted molar refractivity (Wildman–Crippen MR) is 111 cm³/mol. The largest absolute Gasteiger partial charge is 0.462 e. The summed E-state index contributed by atoms with van der Waals surface area (Å²) in [6.07, 6.45) is 0.157. The molecule has 8 heteroatoms. The van der Waals surface area contributed by atoms with Gasteiger partial charge < -0.3 is 14.8 Å². The molecule has 2 aromatic rings. The molecular formula is C23H22N2O6. The second-order valence-electron chi connectivity index (χ2n) is 6.50. The lowest BCUT2D eigenvalue weighted by Crippen LogP contribution is -2.40. The van der Waals surface area contributed by atoms with Crippen LogP contribution in [-0.4, -0.2) is 41.9 Å². The summed E-state index contributed by atoms with van der Waals surface area (Å²) >= 11 is 0. The molecule has 0 saturated carbocycles. The van der Waals surface area contributed by atoms with Gasteiger partial charge in [-0.1, -0.05) is 42.5 Å². The number of ether oxygens (including phenoxy) is 2. The fourth-order valence-corrected chi connectivity index (χ4v) is 3.18. The van der Waals surface area contributed by atoms with Gasteiger partial charge in [0.15, 0.2) is 5.57 Å². The highest BCUT2D eigenvalue weighted by Crippen LogP contribution is 2.30. The van der Waals surface area contributed by atoms with Gasteiger partial charge in [0.05, 0.1) is 24.3 Å². The first-order valence-electron chi connectivity index (χ1n) is 9.81. The minimum atomic E-state index is -0.965. The molecule has 0 spiro atoms. The van der Waals surface area contributed by atoms with Crippen molar-refractivity contribution in [2.24, 2.45) is 0 Å². The van der Waals surface area contributed by atoms with Gasteiger partial charge in [-0.2, -0.15) is 0 Å². The number of carbonyl (C=O) groups is 4. The second-order valence-corrected chi connectivity index (χ2v) is 6.50. The van der Waals surface area contributed by atoms with Crippen molar-refractivity contribution in [3.63, 3.8) is 0 Å². The number of nitrogens with zero attached hydrogens (tertiary/aromatic N) is 1. The van der Waals surface area contributed by atoms with Gasteiger partial charge in [-0.05, 0) is 31.5 Å². The van der Waals surface area contributed by atoms with E-state index in [1.165, 1.54) is 0 Å². The quantitative estimate of drug-likeness (QED) is 0.229. The first kappa shape index (κ1) is 21.8. The van der Waals surface area contributed by atoms with Crippen LogP contribution in [0.4, 0.5) is 0 Å². The summed E-state index contributed by atoms with van der Waals surface area (Å²) in [6.45, 7) is 3.35. The molecule has 8 nitrogen and oxygen atoms in total. The number of amides is 2. The third-order valence-electron chi connectivity index (χ3n) is 4.58. The topological polar surface area (TPSA) is 102 Å². The van der Waals surface area contributed by atoms with Crippen LogP contribution in [0.2, 0.25) is 0 Å². The molecule has 2 amide bonds. The van der Waals surface area contributed by atoms with Gasteiger partial charge in [0.1, 0.15) is 6.17 Å². The first-order chi connectivity index (χ1) is 15.0. The van der Waals surface area contributed by atoms with Crippen LogP contribution in [0.5, 0.6) is 0 Å². The van der Waals surface area contributed by atoms with Crippen LogP contribution in [0.3, 0.4) is 0 Å². The molecule has 3 rings (SSSR count). The van der Waals surface area contributed by atoms with Crippen molar-refractivity contribution in [1.29, 1.82) is 0 Å². The van der Waals surface area contributed by atoms with Crippen molar-refractivity contribution in [2.45, 2.75) is 20.0 Å². The number of esters is 2. The molecule has 31 heavy (non-hydrogen) atoms. The molecule has 1 aliphatic rings. The van der Waals surface area contributed by atoms with Crippen LogP contribution in [0, 0.1) is 0 Å². The van der Waals surface area contributed by atoms with Crippen LogP contribution in [0.1, 0.15) is 46.3 Å². The van der Waals surface area contributed by atoms with Crippen molar-refractivity contribution in [2.75, 3.05) is 13.2 Å². The number of fused-ring (bicyclic) bond motifs is 1. The number of hydrogen-bond acceptors (Lipinski definition) is 7. The number of imide groups is 1. The summed E-state index contributed by atoms with van der Waals surface area (Å²) in [6, 6.07) is 15.3. The Balaban J connectivity index is 2.00. The van der Waals surface area contributed by atoms with E-state index in [9.17, 15) is 19.2 Å². The number of benzene rings is 2. The molecule has 1 aliphatic heterocycles. The number of hydrogen-bond donors (Lipinski definition) is 1. The van der Waals surface area contributed by atoms with E-state index >= 15 is 0 Å². The Bertz CT molecular complexity index is 976. The summed E-state index contributed by atoms with van der Waals surface area (Å²) in [5.41, 5.74) is 0.784. The molecule has 1 unspecified atom stereocenters. The second kappa shape index (κ2) is 9.71. The molecule has 0 radical (unpaired) electrons. The zero-order valence-corrected chi connectivity index (χ0v) is 17.2. The Morgan fingerprint density at radius 1 is 0.871 bits per heavy atom. The summed E-state index contributed by atoms with van der Waals surface area (Å²) in [5, 5.41) is 2.87. The molecule has 0 saturated heterocycles. The van der Waals surface area contributed by atoms with E-state index in [1.54, 1.807) is 68.4 Å². The fourth-order valence-electron chi connectivity index (χ4n) is 3.18. The molecule has 1 heterocycles. The van der Waals surface area contributed by atoms with Crippen LogP contribution in [-0.2, 0) is 19.1 Å². The van der Waals surface area contributed by atoms with Gasteiger partial charge in [0.2, 0.25) is 0 Å². The Hall–Kier alpha value is -3.94. The van der Waals surface area contributed by atoms with E-state index in [1.807, 2.05) is 0 Å². The van der Waals surface area contributed by atoms with Crippen molar-refractivity contribution in [3.8, 4) is 0 Å². The highest BCUT2D eigenvalue weighted by molar-refractivity contribution is 6.21. The smallest absolute Gasteiger partial charge is 0.347 e. The minimum absolute atomic E-state index is 0.0656. The van der Waals surface area contributed by atoms with E-state index in [0.29, 0.717) is 5.56 Å². The zero-order valence-electron chi connectivity index (χ0n) is 17.2. The van der Waals surface area contributed by atoms with Gasteiger partial charge in [0, 0.05) is 6.20 Å². The van der Waals surface area contributed by atoms with Crippen LogP contribution >= 0.6 is 0 Å². The highest BCUT2D eigenvalue weighted by Gasteiger charge is 2.40. The van der Waals surface area contributed by atoms with Gasteiger partial charge >= 0.3 is 11.9 Å². The first-order valence-corrected chi connectivity index (χ1v) is 9.81. The van der Waals surface area contributed by atoms with Gasteiger partial charge in [-0.3, -0.25) is 9.59 Å². The fraction of sp³-hybridized carbons (Fsp3) is 0.217. The Morgan fingerprint density at radius 3 is 1.84 bits per heavy atom. The lowest BCUT2D eigenvalue weighted by molar-refractivity contribution is -0.146. The van der Waals surface area contributed by atoms with Crippen molar-refractivity contribution < 1.29 is 28.7 Å². The molecule has 0 fully saturated rings. The summed E-state index contributed by atoms with van der Waals surface area (Å²) in [7, 11) is 0. The van der Waals surface area contributed by atoms with Crippen molar-refractivity contribution in [3.05, 3.63) is 83.1 Å². The van der Waals surface area contributed by atoms with Gasteiger partial charge in [-0.25, -0.2) is 14.5 Å². The lowest BCUT2D eigenvalue weighted by atomic mass is 10.1. The maximum Gasteiger partial charge on any atom is 0.347 e. The molecule has 0 aliphatic carbocycles. The highest BCUT2D eigenvalue weighted by atomic mass is 16.6. The molecule has 0 bridgehead atoms. The molecule has 1 atom stereocenters. The molecule has 160 valence electrons. The Labute approximate surface area is 179 Å².